The van der Waals surface area contributed by atoms with Crippen LogP contribution >= 0.6 is 0 Å². The number of rotatable bonds is 6. The molecule has 0 bridgehead atoms. The molecule has 1 heterocycles. The Bertz CT molecular complexity index is 608. The van der Waals surface area contributed by atoms with E-state index in [2.05, 4.69) is 5.32 Å². The van der Waals surface area contributed by atoms with Crippen molar-refractivity contribution in [1.82, 2.24) is 5.32 Å². The lowest BCUT2D eigenvalue weighted by Crippen LogP contribution is -2.65. The number of benzene rings is 1. The van der Waals surface area contributed by atoms with Gasteiger partial charge in [-0.25, -0.2) is 0 Å². The zero-order chi connectivity index (χ0) is 18.6. The molecule has 0 saturated carbocycles. The van der Waals surface area contributed by atoms with Gasteiger partial charge in [-0.05, 0) is 12.1 Å². The van der Waals surface area contributed by atoms with Crippen LogP contribution in [0, 0.1) is 10.1 Å². The smallest absolute Gasteiger partial charge is 0.269 e. The van der Waals surface area contributed by atoms with Crippen molar-refractivity contribution in [2.45, 2.75) is 44.0 Å². The molecule has 1 saturated heterocycles. The number of ether oxygens (including phenoxy) is 2. The van der Waals surface area contributed by atoms with E-state index in [0.717, 1.165) is 0 Å². The van der Waals surface area contributed by atoms with E-state index in [1.165, 1.54) is 24.3 Å². The van der Waals surface area contributed by atoms with Crippen molar-refractivity contribution >= 4 is 11.6 Å². The Morgan fingerprint density at radius 3 is 2.48 bits per heavy atom. The molecular weight excluding hydrogens is 336 g/mol. The minimum atomic E-state index is -1.43. The van der Waals surface area contributed by atoms with E-state index >= 15 is 0 Å². The second-order valence-corrected chi connectivity index (χ2v) is 5.52. The number of aliphatic hydroxyl groups is 3. The number of nitrogens with zero attached hydrogens (tertiary/aromatic N) is 1. The highest BCUT2D eigenvalue weighted by molar-refractivity contribution is 5.76. The first-order valence-corrected chi connectivity index (χ1v) is 7.70. The van der Waals surface area contributed by atoms with Crippen molar-refractivity contribution < 1.29 is 34.5 Å². The number of non-ortho nitro benzene ring substituents is 1. The predicted octanol–water partition coefficient (Wildman–Crippen LogP) is -0.693. The number of nitro groups is 1. The maximum atomic E-state index is 11.7. The number of hydrogen-bond acceptors (Lipinski definition) is 8. The highest BCUT2D eigenvalue weighted by atomic mass is 16.7. The minimum Gasteiger partial charge on any atom is -0.463 e. The van der Waals surface area contributed by atoms with Gasteiger partial charge in [0, 0.05) is 18.6 Å². The fourth-order valence-electron chi connectivity index (χ4n) is 2.40. The van der Waals surface area contributed by atoms with Crippen molar-refractivity contribution in [2.24, 2.45) is 0 Å². The highest BCUT2D eigenvalue weighted by Crippen LogP contribution is 2.25. The molecule has 1 aliphatic rings. The van der Waals surface area contributed by atoms with Crippen LogP contribution in [0.4, 0.5) is 5.69 Å². The molecule has 0 aliphatic carbocycles. The monoisotopic (exact) mass is 356 g/mol. The summed E-state index contributed by atoms with van der Waals surface area (Å²) in [5.41, 5.74) is -0.128. The Morgan fingerprint density at radius 1 is 1.32 bits per heavy atom. The second kappa shape index (κ2) is 8.21. The van der Waals surface area contributed by atoms with E-state index in [4.69, 9.17) is 9.47 Å². The third-order valence-electron chi connectivity index (χ3n) is 3.83. The summed E-state index contributed by atoms with van der Waals surface area (Å²) >= 11 is 0. The zero-order valence-electron chi connectivity index (χ0n) is 13.4. The SMILES string of the molecule is CCC(=O)N[C@H]1[C@@H](Oc2ccc([N+](=O)[O-])cc2)O[C@@H](CO)[C@@H](O)[C@H]1O. The summed E-state index contributed by atoms with van der Waals surface area (Å²) in [7, 11) is 0. The molecule has 5 atom stereocenters. The molecule has 0 aromatic heterocycles. The highest BCUT2D eigenvalue weighted by Gasteiger charge is 2.46. The Balaban J connectivity index is 2.19. The van der Waals surface area contributed by atoms with Crippen molar-refractivity contribution in [2.75, 3.05) is 6.61 Å². The fraction of sp³-hybridized carbons (Fsp3) is 0.533. The number of hydrogen-bond donors (Lipinski definition) is 4. The Kier molecular flexibility index (Phi) is 6.26. The quantitative estimate of drug-likeness (QED) is 0.386. The Hall–Kier alpha value is -2.27. The summed E-state index contributed by atoms with van der Waals surface area (Å²) in [5.74, 6) is -0.189. The average Bonchev–Trinajstić information content (AvgIpc) is 2.61. The first-order chi connectivity index (χ1) is 11.9. The largest absolute Gasteiger partial charge is 0.463 e. The van der Waals surface area contributed by atoms with Gasteiger partial charge in [-0.15, -0.1) is 0 Å². The second-order valence-electron chi connectivity index (χ2n) is 5.52. The summed E-state index contributed by atoms with van der Waals surface area (Å²) in [6.07, 6.45) is -5.00. The predicted molar refractivity (Wildman–Crippen MR) is 83.7 cm³/mol. The lowest BCUT2D eigenvalue weighted by molar-refractivity contribution is -0.384. The molecule has 0 unspecified atom stereocenters. The molecule has 10 nitrogen and oxygen atoms in total. The maximum absolute atomic E-state index is 11.7. The number of carbonyl (C=O) groups excluding carboxylic acids is 1. The lowest BCUT2D eigenvalue weighted by Gasteiger charge is -2.42. The van der Waals surface area contributed by atoms with Crippen molar-refractivity contribution in [1.29, 1.82) is 0 Å². The summed E-state index contributed by atoms with van der Waals surface area (Å²) in [6.45, 7) is 1.05. The van der Waals surface area contributed by atoms with E-state index in [1.807, 2.05) is 0 Å². The number of amides is 1. The van der Waals surface area contributed by atoms with Crippen LogP contribution in [0.15, 0.2) is 24.3 Å². The summed E-state index contributed by atoms with van der Waals surface area (Å²) in [5, 5.41) is 42.6. The fourth-order valence-corrected chi connectivity index (χ4v) is 2.40. The summed E-state index contributed by atoms with van der Waals surface area (Å²) in [6, 6.07) is 4.05. The lowest BCUT2D eigenvalue weighted by atomic mass is 9.97. The molecule has 1 amide bonds. The molecule has 25 heavy (non-hydrogen) atoms. The van der Waals surface area contributed by atoms with Crippen LogP contribution in [0.3, 0.4) is 0 Å². The molecule has 10 heteroatoms. The van der Waals surface area contributed by atoms with Crippen LogP contribution in [-0.4, -0.2) is 63.4 Å². The Labute approximate surface area is 143 Å². The van der Waals surface area contributed by atoms with Gasteiger partial charge in [0.2, 0.25) is 12.2 Å². The normalized spacial score (nSPS) is 29.0. The van der Waals surface area contributed by atoms with E-state index < -0.39 is 42.2 Å². The van der Waals surface area contributed by atoms with Crippen molar-refractivity contribution in [3.8, 4) is 5.75 Å². The molecule has 138 valence electrons. The van der Waals surface area contributed by atoms with Crippen LogP contribution < -0.4 is 10.1 Å². The summed E-state index contributed by atoms with van der Waals surface area (Å²) in [4.78, 5) is 21.8. The maximum Gasteiger partial charge on any atom is 0.269 e. The van der Waals surface area contributed by atoms with Crippen molar-refractivity contribution in [3.05, 3.63) is 34.4 Å². The molecule has 1 aromatic rings. The van der Waals surface area contributed by atoms with Crippen molar-refractivity contribution in [3.63, 3.8) is 0 Å². The average molecular weight is 356 g/mol. The molecule has 0 spiro atoms. The van der Waals surface area contributed by atoms with Crippen LogP contribution in [0.1, 0.15) is 13.3 Å². The zero-order valence-corrected chi connectivity index (χ0v) is 13.4. The molecular formula is C15H20N2O8. The van der Waals surface area contributed by atoms with Gasteiger partial charge < -0.3 is 30.1 Å². The van der Waals surface area contributed by atoms with Crippen LogP contribution in [0.25, 0.3) is 0 Å². The molecule has 4 N–H and O–H groups in total. The van der Waals surface area contributed by atoms with Gasteiger partial charge in [0.05, 0.1) is 11.5 Å². The molecule has 2 rings (SSSR count). The number of aliphatic hydroxyl groups excluding tert-OH is 3. The first kappa shape index (κ1) is 19.1. The van der Waals surface area contributed by atoms with E-state index in [-0.39, 0.29) is 23.8 Å². The van der Waals surface area contributed by atoms with Crippen LogP contribution in [-0.2, 0) is 9.53 Å². The van der Waals surface area contributed by atoms with Gasteiger partial charge in [-0.3, -0.25) is 14.9 Å². The molecule has 1 aliphatic heterocycles. The standard InChI is InChI=1S/C15H20N2O8/c1-2-11(19)16-12-14(21)13(20)10(7-18)25-15(12)24-9-5-3-8(4-6-9)17(22)23/h3-6,10,12-15,18,20-21H,2,7H2,1H3,(H,16,19)/t10-,12+,13+,14-,15-/m0/s1. The number of nitro benzene ring substituents is 1. The van der Waals surface area contributed by atoms with E-state index in [9.17, 15) is 30.2 Å². The summed E-state index contributed by atoms with van der Waals surface area (Å²) < 4.78 is 11.0. The molecule has 0 radical (unpaired) electrons. The van der Waals surface area contributed by atoms with Gasteiger partial charge in [0.1, 0.15) is 30.1 Å². The Morgan fingerprint density at radius 2 is 1.96 bits per heavy atom. The van der Waals surface area contributed by atoms with Gasteiger partial charge in [-0.1, -0.05) is 6.92 Å². The minimum absolute atomic E-state index is 0.128. The number of nitrogens with one attached hydrogen (secondary N) is 1. The van der Waals surface area contributed by atoms with E-state index in [0.29, 0.717) is 0 Å². The van der Waals surface area contributed by atoms with Crippen LogP contribution in [0.2, 0.25) is 0 Å². The number of carbonyl (C=O) groups is 1. The first-order valence-electron chi connectivity index (χ1n) is 7.70. The topological polar surface area (TPSA) is 151 Å². The van der Waals surface area contributed by atoms with Gasteiger partial charge in [0.25, 0.3) is 5.69 Å². The van der Waals surface area contributed by atoms with Gasteiger partial charge >= 0.3 is 0 Å². The molecule has 1 fully saturated rings. The van der Waals surface area contributed by atoms with Gasteiger partial charge in [0.15, 0.2) is 0 Å². The van der Waals surface area contributed by atoms with E-state index in [1.54, 1.807) is 6.92 Å². The molecule has 1 aromatic carbocycles. The third kappa shape index (κ3) is 4.42. The third-order valence-corrected chi connectivity index (χ3v) is 3.83. The van der Waals surface area contributed by atoms with Gasteiger partial charge in [-0.2, -0.15) is 0 Å². The van der Waals surface area contributed by atoms with Crippen LogP contribution in [0.5, 0.6) is 5.75 Å².